The molecule has 1 aromatic rings. The van der Waals surface area contributed by atoms with Crippen molar-refractivity contribution in [2.45, 2.75) is 51.7 Å². The van der Waals surface area contributed by atoms with E-state index in [1.807, 2.05) is 27.7 Å². The summed E-state index contributed by atoms with van der Waals surface area (Å²) in [5.41, 5.74) is 0.0415. The van der Waals surface area contributed by atoms with Crippen molar-refractivity contribution in [1.82, 2.24) is 0 Å². The summed E-state index contributed by atoms with van der Waals surface area (Å²) in [4.78, 5) is 24.0. The molecule has 0 N–H and O–H groups in total. The van der Waals surface area contributed by atoms with Crippen LogP contribution in [0.4, 0.5) is 0 Å². The van der Waals surface area contributed by atoms with E-state index in [1.165, 1.54) is 7.11 Å². The van der Waals surface area contributed by atoms with Crippen molar-refractivity contribution in [3.05, 3.63) is 23.8 Å². The number of rotatable bonds is 7. The number of halogens is 1. The molecule has 0 radical (unpaired) electrons. The van der Waals surface area contributed by atoms with Crippen LogP contribution < -0.4 is 9.99 Å². The zero-order valence-corrected chi connectivity index (χ0v) is 18.7. The number of hydrogen-bond donors (Lipinski definition) is 0. The molecule has 0 aromatic heterocycles. The van der Waals surface area contributed by atoms with Gasteiger partial charge in [0.2, 0.25) is 0 Å². The van der Waals surface area contributed by atoms with E-state index in [4.69, 9.17) is 13.8 Å². The van der Waals surface area contributed by atoms with Crippen LogP contribution in [-0.4, -0.2) is 37.2 Å². The quantitative estimate of drug-likeness (QED) is 0.191. The Hall–Kier alpha value is -0.695. The molecule has 142 valence electrons. The summed E-state index contributed by atoms with van der Waals surface area (Å²) in [5, 5.41) is 0. The molecule has 0 bridgehead atoms. The highest BCUT2D eigenvalue weighted by Gasteiger charge is 2.52. The van der Waals surface area contributed by atoms with E-state index in [-0.39, 0.29) is 25.1 Å². The Bertz CT molecular complexity index is 678. The number of Topliss-reactive ketones (excluding diaryl/α,β-unsaturated/α-hetero) is 1. The number of hydrogen-bond acceptors (Lipinski definition) is 6. The first-order chi connectivity index (χ1) is 12.1. The largest absolute Gasteiger partial charge is 0.495 e. The summed E-state index contributed by atoms with van der Waals surface area (Å²) in [6.45, 7) is 8.08. The Morgan fingerprint density at radius 3 is 2.31 bits per heavy atom. The molecule has 0 amide bonds. The van der Waals surface area contributed by atoms with Gasteiger partial charge in [-0.1, -0.05) is 0 Å². The van der Waals surface area contributed by atoms with Crippen molar-refractivity contribution in [1.29, 1.82) is 0 Å². The van der Waals surface area contributed by atoms with Crippen LogP contribution in [0.3, 0.4) is 0 Å². The molecule has 1 saturated heterocycles. The fraction of sp³-hybridized carbons (Fsp3) is 0.529. The summed E-state index contributed by atoms with van der Waals surface area (Å²) in [5.74, 6) is 0.0668. The van der Waals surface area contributed by atoms with E-state index in [2.05, 4.69) is 26.8 Å². The lowest BCUT2D eigenvalue weighted by Gasteiger charge is -2.32. The molecule has 1 atom stereocenters. The minimum Gasteiger partial charge on any atom is -0.469 e. The first-order valence-electron chi connectivity index (χ1n) is 8.23. The van der Waals surface area contributed by atoms with Gasteiger partial charge in [0.1, 0.15) is 12.2 Å². The highest BCUT2D eigenvalue weighted by Crippen LogP contribution is 2.37. The lowest BCUT2D eigenvalue weighted by Crippen LogP contribution is -2.41. The fourth-order valence-corrected chi connectivity index (χ4v) is 3.50. The van der Waals surface area contributed by atoms with Gasteiger partial charge in [-0.15, -0.1) is 0 Å². The van der Waals surface area contributed by atoms with Crippen molar-refractivity contribution in [3.8, 4) is 5.75 Å². The highest BCUT2D eigenvalue weighted by molar-refractivity contribution is 14.2. The van der Waals surface area contributed by atoms with E-state index in [1.54, 1.807) is 18.2 Å². The predicted molar refractivity (Wildman–Crippen MR) is 111 cm³/mol. The van der Waals surface area contributed by atoms with Gasteiger partial charge < -0.3 is 18.6 Å². The molecular formula is C17H23BIO6P. The molecular weight excluding hydrogens is 469 g/mol. The SMILES string of the molecule is COC(=O)CCC(=O)c1ccc(OPI)cc1B1OC(C)(C)C(C)(C)O1. The van der Waals surface area contributed by atoms with Crippen LogP contribution in [0.5, 0.6) is 5.75 Å². The van der Waals surface area contributed by atoms with Gasteiger partial charge in [0, 0.05) is 12.0 Å². The van der Waals surface area contributed by atoms with Gasteiger partial charge in [-0.2, -0.15) is 0 Å². The Kier molecular flexibility index (Phi) is 7.10. The third-order valence-electron chi connectivity index (χ3n) is 4.77. The van der Waals surface area contributed by atoms with Crippen LogP contribution in [0.15, 0.2) is 18.2 Å². The summed E-state index contributed by atoms with van der Waals surface area (Å²) in [6.07, 6.45) is 0.0962. The number of ketones is 1. The number of methoxy groups -OCH3 is 1. The summed E-state index contributed by atoms with van der Waals surface area (Å²) in [7, 11) is 0.623. The molecule has 9 heteroatoms. The van der Waals surface area contributed by atoms with Gasteiger partial charge >= 0.3 is 13.1 Å². The van der Waals surface area contributed by atoms with Crippen molar-refractivity contribution in [2.75, 3.05) is 7.11 Å². The molecule has 1 aliphatic rings. The first kappa shape index (κ1) is 21.6. The molecule has 0 spiro atoms. The standard InChI is InChI=1S/C17H23BIO6P/c1-16(2)17(3,4)25-18(24-16)13-10-11(23-26-19)6-7-12(13)14(20)8-9-15(21)22-5/h6-7,10,26H,8-9H2,1-5H3. The molecule has 26 heavy (non-hydrogen) atoms. The second-order valence-corrected chi connectivity index (χ2v) is 8.70. The predicted octanol–water partition coefficient (Wildman–Crippen LogP) is 3.44. The van der Waals surface area contributed by atoms with Crippen molar-refractivity contribution in [3.63, 3.8) is 0 Å². The smallest absolute Gasteiger partial charge is 0.469 e. The minimum absolute atomic E-state index is 0.0333. The Balaban J connectivity index is 2.34. The second-order valence-electron chi connectivity index (χ2n) is 7.02. The monoisotopic (exact) mass is 492 g/mol. The number of carbonyl (C=O) groups is 2. The van der Waals surface area contributed by atoms with E-state index < -0.39 is 24.3 Å². The second kappa shape index (κ2) is 8.54. The van der Waals surface area contributed by atoms with Crippen LogP contribution in [0.25, 0.3) is 0 Å². The first-order valence-corrected chi connectivity index (χ1v) is 12.3. The van der Waals surface area contributed by atoms with Crippen LogP contribution in [0.2, 0.25) is 0 Å². The summed E-state index contributed by atoms with van der Waals surface area (Å²) >= 11 is 2.13. The normalized spacial score (nSPS) is 18.3. The third kappa shape index (κ3) is 4.77. The summed E-state index contributed by atoms with van der Waals surface area (Å²) < 4.78 is 22.4. The van der Waals surface area contributed by atoms with Crippen LogP contribution in [0.1, 0.15) is 50.9 Å². The molecule has 1 heterocycles. The maximum absolute atomic E-state index is 12.7. The van der Waals surface area contributed by atoms with Crippen molar-refractivity contribution >= 4 is 52.8 Å². The maximum atomic E-state index is 12.7. The lowest BCUT2D eigenvalue weighted by atomic mass is 9.74. The maximum Gasteiger partial charge on any atom is 0.495 e. The Morgan fingerprint density at radius 1 is 1.15 bits per heavy atom. The zero-order chi connectivity index (χ0) is 19.5. The van der Waals surface area contributed by atoms with Gasteiger partial charge in [0.15, 0.2) is 5.78 Å². The van der Waals surface area contributed by atoms with Crippen LogP contribution in [-0.2, 0) is 18.8 Å². The molecule has 0 saturated carbocycles. The molecule has 2 rings (SSSR count). The average Bonchev–Trinajstić information content (AvgIpc) is 2.80. The van der Waals surface area contributed by atoms with Crippen LogP contribution >= 0.6 is 28.5 Å². The zero-order valence-electron chi connectivity index (χ0n) is 15.6. The average molecular weight is 492 g/mol. The summed E-state index contributed by atoms with van der Waals surface area (Å²) in [6, 6.07) is 5.22. The van der Waals surface area contributed by atoms with Gasteiger partial charge in [0.05, 0.1) is 24.7 Å². The Labute approximate surface area is 169 Å². The van der Waals surface area contributed by atoms with Gasteiger partial charge in [-0.25, -0.2) is 0 Å². The number of ether oxygens (including phenoxy) is 1. The van der Waals surface area contributed by atoms with E-state index >= 15 is 0 Å². The molecule has 1 aromatic carbocycles. The molecule has 1 aliphatic heterocycles. The fourth-order valence-electron chi connectivity index (χ4n) is 2.52. The van der Waals surface area contributed by atoms with Crippen molar-refractivity contribution < 1.29 is 28.2 Å². The Morgan fingerprint density at radius 2 is 1.77 bits per heavy atom. The van der Waals surface area contributed by atoms with Crippen molar-refractivity contribution in [2.24, 2.45) is 0 Å². The number of esters is 1. The lowest BCUT2D eigenvalue weighted by molar-refractivity contribution is -0.140. The minimum atomic E-state index is -0.682. The highest BCUT2D eigenvalue weighted by atomic mass is 127. The number of carbonyl (C=O) groups excluding carboxylic acids is 2. The topological polar surface area (TPSA) is 71.1 Å². The van der Waals surface area contributed by atoms with Gasteiger partial charge in [-0.3, -0.25) is 9.59 Å². The van der Waals surface area contributed by atoms with Gasteiger partial charge in [0.25, 0.3) is 0 Å². The molecule has 0 aliphatic carbocycles. The number of benzene rings is 1. The van der Waals surface area contributed by atoms with E-state index in [9.17, 15) is 9.59 Å². The molecule has 1 fully saturated rings. The van der Waals surface area contributed by atoms with E-state index in [0.717, 1.165) is 0 Å². The molecule has 1 unspecified atom stereocenters. The third-order valence-corrected chi connectivity index (χ3v) is 5.74. The molecule has 6 nitrogen and oxygen atoms in total. The van der Waals surface area contributed by atoms with E-state index in [0.29, 0.717) is 16.8 Å². The van der Waals surface area contributed by atoms with Crippen LogP contribution in [0, 0.1) is 0 Å². The van der Waals surface area contributed by atoms with Gasteiger partial charge in [-0.05, 0) is 73.4 Å².